The van der Waals surface area contributed by atoms with Crippen molar-refractivity contribution >= 4 is 18.0 Å². The fraction of sp³-hybridized carbons (Fsp3) is 0.419. The summed E-state index contributed by atoms with van der Waals surface area (Å²) in [6, 6.07) is 12.7. The number of carbonyl (C=O) groups excluding carboxylic acids is 2. The fourth-order valence-electron chi connectivity index (χ4n) is 4.71. The lowest BCUT2D eigenvalue weighted by molar-refractivity contribution is -0.440. The van der Waals surface area contributed by atoms with Gasteiger partial charge in [-0.2, -0.15) is 57.1 Å². The lowest BCUT2D eigenvalue weighted by atomic mass is 9.90. The summed E-state index contributed by atoms with van der Waals surface area (Å²) in [5, 5.41) is 14.1. The number of nitrogens with zero attached hydrogens (tertiary/aromatic N) is 1. The predicted molar refractivity (Wildman–Crippen MR) is 155 cm³/mol. The molecule has 54 heavy (non-hydrogen) atoms. The number of carbonyl (C=O) groups is 2. The van der Waals surface area contributed by atoms with E-state index in [1.807, 2.05) is 0 Å². The highest BCUT2D eigenvalue weighted by molar-refractivity contribution is 5.65. The molecule has 0 aliphatic carbocycles. The highest BCUT2D eigenvalue weighted by Crippen LogP contribution is 2.60. The van der Waals surface area contributed by atoms with Gasteiger partial charge in [0.15, 0.2) is 0 Å². The molecular formula is C31H25F13N2O8. The molecule has 2 aromatic rings. The van der Waals surface area contributed by atoms with Crippen LogP contribution in [-0.4, -0.2) is 59.6 Å². The van der Waals surface area contributed by atoms with E-state index in [0.29, 0.717) is 5.56 Å². The SMILES string of the molecule is CC1=C(OC(=O)OCCCC(F)(F)C(F)(F)C(F)(F)C(F)(F)C(F)(F)C(F)(F)F)C(c2cccc([N+](=O)[O-])c2)C(OC(=O)OCc2ccccc2)=C(C)N1. The molecule has 0 fully saturated rings. The van der Waals surface area contributed by atoms with E-state index in [2.05, 4.69) is 10.1 Å². The Bertz CT molecular complexity index is 1780. The largest absolute Gasteiger partial charge is 0.513 e. The lowest BCUT2D eigenvalue weighted by Crippen LogP contribution is -2.70. The number of nitrogens with one attached hydrogen (secondary N) is 1. The van der Waals surface area contributed by atoms with Crippen molar-refractivity contribution < 1.29 is 90.5 Å². The second-order valence-electron chi connectivity index (χ2n) is 11.3. The van der Waals surface area contributed by atoms with Crippen LogP contribution in [0.3, 0.4) is 0 Å². The molecule has 0 spiro atoms. The van der Waals surface area contributed by atoms with Crippen molar-refractivity contribution in [1.29, 1.82) is 0 Å². The van der Waals surface area contributed by atoms with E-state index in [4.69, 9.17) is 14.2 Å². The van der Waals surface area contributed by atoms with Crippen LogP contribution in [0.15, 0.2) is 77.5 Å². The minimum absolute atomic E-state index is 0.0593. The average Bonchev–Trinajstić information content (AvgIpc) is 3.07. The molecule has 1 aliphatic rings. The number of nitro benzene ring substituents is 1. The van der Waals surface area contributed by atoms with E-state index in [1.165, 1.54) is 26.0 Å². The van der Waals surface area contributed by atoms with Gasteiger partial charge in [-0.1, -0.05) is 42.5 Å². The van der Waals surface area contributed by atoms with Crippen molar-refractivity contribution in [1.82, 2.24) is 5.32 Å². The van der Waals surface area contributed by atoms with Crippen LogP contribution in [0.5, 0.6) is 0 Å². The minimum Gasteiger partial charge on any atom is -0.434 e. The van der Waals surface area contributed by atoms with Gasteiger partial charge in [0.05, 0.1) is 22.9 Å². The summed E-state index contributed by atoms with van der Waals surface area (Å²) in [7, 11) is 0. The number of rotatable bonds is 14. The van der Waals surface area contributed by atoms with Gasteiger partial charge in [0, 0.05) is 18.6 Å². The summed E-state index contributed by atoms with van der Waals surface area (Å²) in [6.45, 7) is 0.900. The molecule has 0 aromatic heterocycles. The third-order valence-corrected chi connectivity index (χ3v) is 7.49. The molecule has 23 heteroatoms. The first-order valence-electron chi connectivity index (χ1n) is 14.8. The zero-order chi connectivity index (χ0) is 41.1. The van der Waals surface area contributed by atoms with E-state index >= 15 is 0 Å². The van der Waals surface area contributed by atoms with Crippen LogP contribution in [0.25, 0.3) is 0 Å². The Morgan fingerprint density at radius 3 is 1.76 bits per heavy atom. The lowest BCUT2D eigenvalue weighted by Gasteiger charge is -2.39. The standard InChI is InChI=1S/C31H25F13N2O8/c1-16-22(53-24(47)51-13-7-12-26(32,33)27(34,35)28(36,37)29(38,39)30(40,41)31(42,43)44)21(19-10-6-11-20(14-19)46(49)50)23(17(2)45-16)54-25(48)52-15-18-8-4-3-5-9-18/h3-6,8-11,14,21,45H,7,12-13,15H2,1-2H3. The molecule has 1 atom stereocenters. The molecular weight excluding hydrogens is 775 g/mol. The average molecular weight is 801 g/mol. The summed E-state index contributed by atoms with van der Waals surface area (Å²) in [5.74, 6) is -40.2. The number of ether oxygens (including phenoxy) is 4. The summed E-state index contributed by atoms with van der Waals surface area (Å²) in [5.41, 5.74) is -0.0158. The molecule has 1 N–H and O–H groups in total. The van der Waals surface area contributed by atoms with E-state index < -0.39 is 89.8 Å². The van der Waals surface area contributed by atoms with Crippen LogP contribution in [0.2, 0.25) is 0 Å². The summed E-state index contributed by atoms with van der Waals surface area (Å²) in [4.78, 5) is 35.9. The number of hydrogen-bond acceptors (Lipinski definition) is 9. The van der Waals surface area contributed by atoms with Gasteiger partial charge in [-0.15, -0.1) is 0 Å². The maximum Gasteiger partial charge on any atom is 0.513 e. The number of halogens is 13. The quantitative estimate of drug-likeness (QED) is 0.0654. The minimum atomic E-state index is -8.06. The summed E-state index contributed by atoms with van der Waals surface area (Å²) in [6.07, 6.45) is -15.0. The van der Waals surface area contributed by atoms with Gasteiger partial charge in [-0.3, -0.25) is 10.1 Å². The number of alkyl halides is 13. The van der Waals surface area contributed by atoms with E-state index in [1.54, 1.807) is 30.3 Å². The molecule has 10 nitrogen and oxygen atoms in total. The molecule has 0 saturated carbocycles. The predicted octanol–water partition coefficient (Wildman–Crippen LogP) is 9.77. The van der Waals surface area contributed by atoms with E-state index in [9.17, 15) is 76.8 Å². The summed E-state index contributed by atoms with van der Waals surface area (Å²) < 4.78 is 194. The molecule has 0 amide bonds. The Hall–Kier alpha value is -5.25. The number of hydrogen-bond donors (Lipinski definition) is 1. The van der Waals surface area contributed by atoms with Crippen molar-refractivity contribution in [2.45, 2.75) is 75.0 Å². The highest BCUT2D eigenvalue weighted by Gasteiger charge is 2.90. The number of dihydropyridines is 1. The molecule has 3 rings (SSSR count). The molecule has 0 saturated heterocycles. The topological polar surface area (TPSA) is 126 Å². The highest BCUT2D eigenvalue weighted by atomic mass is 19.4. The molecule has 2 aromatic carbocycles. The first-order valence-corrected chi connectivity index (χ1v) is 14.8. The van der Waals surface area contributed by atoms with Crippen LogP contribution < -0.4 is 5.32 Å². The zero-order valence-corrected chi connectivity index (χ0v) is 27.2. The monoisotopic (exact) mass is 800 g/mol. The van der Waals surface area contributed by atoms with Crippen molar-refractivity contribution in [3.63, 3.8) is 0 Å². The van der Waals surface area contributed by atoms with Gasteiger partial charge in [0.1, 0.15) is 24.0 Å². The van der Waals surface area contributed by atoms with Crippen molar-refractivity contribution in [2.75, 3.05) is 6.61 Å². The Morgan fingerprint density at radius 2 is 1.24 bits per heavy atom. The number of nitro groups is 1. The molecule has 0 radical (unpaired) electrons. The van der Waals surface area contributed by atoms with E-state index in [-0.39, 0.29) is 29.3 Å². The maximum absolute atomic E-state index is 14.1. The van der Waals surface area contributed by atoms with Crippen LogP contribution in [-0.2, 0) is 25.6 Å². The van der Waals surface area contributed by atoms with Crippen molar-refractivity contribution in [2.24, 2.45) is 0 Å². The Balaban J connectivity index is 1.78. The Labute approximate surface area is 294 Å². The second kappa shape index (κ2) is 15.6. The summed E-state index contributed by atoms with van der Waals surface area (Å²) >= 11 is 0. The molecule has 1 unspecified atom stereocenters. The van der Waals surface area contributed by atoms with Gasteiger partial charge in [-0.05, 0) is 31.4 Å². The Kier molecular flexibility index (Phi) is 12.5. The van der Waals surface area contributed by atoms with Gasteiger partial charge >= 0.3 is 48.1 Å². The van der Waals surface area contributed by atoms with E-state index in [0.717, 1.165) is 12.1 Å². The van der Waals surface area contributed by atoms with Crippen LogP contribution >= 0.6 is 0 Å². The van der Waals surface area contributed by atoms with Crippen molar-refractivity contribution in [3.8, 4) is 0 Å². The molecule has 0 bridgehead atoms. The van der Waals surface area contributed by atoms with Gasteiger partial charge in [0.25, 0.3) is 5.69 Å². The van der Waals surface area contributed by atoms with Gasteiger partial charge in [0.2, 0.25) is 0 Å². The first kappa shape index (κ1) is 43.2. The molecule has 1 heterocycles. The number of non-ortho nitro benzene ring substituents is 1. The third-order valence-electron chi connectivity index (χ3n) is 7.49. The number of allylic oxidation sites excluding steroid dienone is 2. The first-order chi connectivity index (χ1) is 24.7. The fourth-order valence-corrected chi connectivity index (χ4v) is 4.71. The second-order valence-corrected chi connectivity index (χ2v) is 11.3. The molecule has 1 aliphatic heterocycles. The molecule has 298 valence electrons. The third kappa shape index (κ3) is 8.59. The smallest absolute Gasteiger partial charge is 0.434 e. The maximum atomic E-state index is 14.1. The van der Waals surface area contributed by atoms with Crippen LogP contribution in [0.4, 0.5) is 72.4 Å². The Morgan fingerprint density at radius 1 is 0.722 bits per heavy atom. The van der Waals surface area contributed by atoms with Crippen LogP contribution in [0.1, 0.15) is 43.7 Å². The van der Waals surface area contributed by atoms with Gasteiger partial charge in [-0.25, -0.2) is 9.59 Å². The normalized spacial score (nSPS) is 16.1. The number of benzene rings is 2. The van der Waals surface area contributed by atoms with Crippen molar-refractivity contribution in [3.05, 3.63) is 98.8 Å². The zero-order valence-electron chi connectivity index (χ0n) is 27.2. The van der Waals surface area contributed by atoms with Crippen LogP contribution in [0, 0.1) is 10.1 Å². The van der Waals surface area contributed by atoms with Gasteiger partial charge < -0.3 is 24.3 Å².